The van der Waals surface area contributed by atoms with E-state index in [1.54, 1.807) is 0 Å². The van der Waals surface area contributed by atoms with Crippen molar-refractivity contribution >= 4 is 5.97 Å². The fourth-order valence-electron chi connectivity index (χ4n) is 2.26. The molecule has 0 radical (unpaired) electrons. The number of nitrogens with zero attached hydrogens (tertiary/aromatic N) is 1. The van der Waals surface area contributed by atoms with Crippen LogP contribution in [0, 0.1) is 6.92 Å². The summed E-state index contributed by atoms with van der Waals surface area (Å²) in [5, 5.41) is 9.18. The first kappa shape index (κ1) is 15.7. The molecule has 1 rings (SSSR count). The molecule has 4 nitrogen and oxygen atoms in total. The molecule has 0 aromatic heterocycles. The third kappa shape index (κ3) is 3.55. The normalized spacial score (nSPS) is 14.7. The summed E-state index contributed by atoms with van der Waals surface area (Å²) in [6.07, 6.45) is 0. The van der Waals surface area contributed by atoms with Gasteiger partial charge < -0.3 is 15.7 Å². The second-order valence-electron chi connectivity index (χ2n) is 5.54. The van der Waals surface area contributed by atoms with Crippen molar-refractivity contribution in [3.8, 4) is 0 Å². The van der Waals surface area contributed by atoms with Crippen LogP contribution in [0.5, 0.6) is 0 Å². The molecule has 0 aliphatic rings. The van der Waals surface area contributed by atoms with Gasteiger partial charge in [0.2, 0.25) is 0 Å². The molecule has 0 aliphatic carbocycles. The van der Waals surface area contributed by atoms with Crippen molar-refractivity contribution in [1.82, 2.24) is 4.90 Å². The lowest BCUT2D eigenvalue weighted by Gasteiger charge is -2.30. The second-order valence-corrected chi connectivity index (χ2v) is 5.54. The molecule has 0 bridgehead atoms. The number of hydrogen-bond acceptors (Lipinski definition) is 3. The number of carboxylic acids is 1. The highest BCUT2D eigenvalue weighted by molar-refractivity contribution is 5.74. The summed E-state index contributed by atoms with van der Waals surface area (Å²) in [5.74, 6) is -0.573. The fourth-order valence-corrected chi connectivity index (χ4v) is 2.26. The van der Waals surface area contributed by atoms with Crippen LogP contribution in [0.25, 0.3) is 0 Å². The molecule has 1 aromatic carbocycles. The van der Waals surface area contributed by atoms with Crippen LogP contribution in [0.4, 0.5) is 0 Å². The number of rotatable bonds is 5. The first-order chi connectivity index (χ1) is 8.75. The highest BCUT2D eigenvalue weighted by Crippen LogP contribution is 2.28. The summed E-state index contributed by atoms with van der Waals surface area (Å²) in [7, 11) is 3.71. The predicted octanol–water partition coefficient (Wildman–Crippen LogP) is 2.13. The molecular weight excluding hydrogens is 240 g/mol. The SMILES string of the molecule is Cc1ccc(C(C)C)cc1C(C(N)C(=O)O)N(C)C. The maximum atomic E-state index is 11.2. The summed E-state index contributed by atoms with van der Waals surface area (Å²) in [6, 6.07) is 4.94. The van der Waals surface area contributed by atoms with E-state index in [2.05, 4.69) is 26.0 Å². The molecule has 0 aliphatic heterocycles. The Hall–Kier alpha value is -1.39. The molecule has 2 unspecified atom stereocenters. The van der Waals surface area contributed by atoms with Gasteiger partial charge in [0.1, 0.15) is 6.04 Å². The van der Waals surface area contributed by atoms with E-state index in [0.29, 0.717) is 5.92 Å². The summed E-state index contributed by atoms with van der Waals surface area (Å²) < 4.78 is 0. The maximum absolute atomic E-state index is 11.2. The van der Waals surface area contributed by atoms with Crippen LogP contribution < -0.4 is 5.73 Å². The van der Waals surface area contributed by atoms with Crippen molar-refractivity contribution in [2.45, 2.75) is 38.8 Å². The molecule has 4 heteroatoms. The summed E-state index contributed by atoms with van der Waals surface area (Å²) in [6.45, 7) is 6.23. The third-order valence-electron chi connectivity index (χ3n) is 3.47. The Morgan fingerprint density at radius 2 is 1.89 bits per heavy atom. The van der Waals surface area contributed by atoms with Gasteiger partial charge in [0.05, 0.1) is 6.04 Å². The minimum atomic E-state index is -0.979. The topological polar surface area (TPSA) is 66.6 Å². The van der Waals surface area contributed by atoms with Crippen LogP contribution in [0.15, 0.2) is 18.2 Å². The molecule has 0 saturated carbocycles. The van der Waals surface area contributed by atoms with Crippen molar-refractivity contribution < 1.29 is 9.90 Å². The minimum absolute atomic E-state index is 0.323. The maximum Gasteiger partial charge on any atom is 0.322 e. The highest BCUT2D eigenvalue weighted by atomic mass is 16.4. The third-order valence-corrected chi connectivity index (χ3v) is 3.47. The summed E-state index contributed by atoms with van der Waals surface area (Å²) in [5.41, 5.74) is 9.11. The van der Waals surface area contributed by atoms with E-state index in [9.17, 15) is 9.90 Å². The Bertz CT molecular complexity index is 455. The van der Waals surface area contributed by atoms with Gasteiger partial charge in [0.15, 0.2) is 0 Å². The summed E-state index contributed by atoms with van der Waals surface area (Å²) >= 11 is 0. The number of aryl methyl sites for hydroxylation is 1. The Morgan fingerprint density at radius 3 is 2.32 bits per heavy atom. The van der Waals surface area contributed by atoms with Crippen molar-refractivity contribution in [1.29, 1.82) is 0 Å². The smallest absolute Gasteiger partial charge is 0.322 e. The highest BCUT2D eigenvalue weighted by Gasteiger charge is 2.29. The number of benzene rings is 1. The van der Waals surface area contributed by atoms with E-state index in [0.717, 1.165) is 11.1 Å². The quantitative estimate of drug-likeness (QED) is 0.855. The van der Waals surface area contributed by atoms with Crippen LogP contribution in [0.3, 0.4) is 0 Å². The largest absolute Gasteiger partial charge is 0.480 e. The number of carboxylic acid groups (broad SMARTS) is 1. The molecule has 0 heterocycles. The number of hydrogen-bond donors (Lipinski definition) is 2. The average Bonchev–Trinajstić information content (AvgIpc) is 2.30. The monoisotopic (exact) mass is 264 g/mol. The van der Waals surface area contributed by atoms with Crippen LogP contribution in [0.1, 0.15) is 42.5 Å². The molecule has 0 saturated heterocycles. The van der Waals surface area contributed by atoms with Gasteiger partial charge in [-0.3, -0.25) is 4.79 Å². The molecule has 0 spiro atoms. The Morgan fingerprint density at radius 1 is 1.32 bits per heavy atom. The lowest BCUT2D eigenvalue weighted by molar-refractivity contribution is -0.140. The van der Waals surface area contributed by atoms with Crippen molar-refractivity contribution in [3.63, 3.8) is 0 Å². The van der Waals surface area contributed by atoms with E-state index in [4.69, 9.17) is 5.73 Å². The predicted molar refractivity (Wildman–Crippen MR) is 77.3 cm³/mol. The van der Waals surface area contributed by atoms with E-state index in [1.165, 1.54) is 5.56 Å². The van der Waals surface area contributed by atoms with E-state index < -0.39 is 12.0 Å². The molecule has 1 aromatic rings. The number of nitrogens with two attached hydrogens (primary N) is 1. The first-order valence-corrected chi connectivity index (χ1v) is 6.51. The Kier molecular flexibility index (Phi) is 5.09. The molecule has 0 fully saturated rings. The van der Waals surface area contributed by atoms with Crippen LogP contribution in [-0.2, 0) is 4.79 Å². The first-order valence-electron chi connectivity index (χ1n) is 6.51. The zero-order valence-corrected chi connectivity index (χ0v) is 12.3. The molecule has 2 atom stereocenters. The molecular formula is C15H24N2O2. The van der Waals surface area contributed by atoms with Gasteiger partial charge in [0.25, 0.3) is 0 Å². The molecule has 106 valence electrons. The molecule has 19 heavy (non-hydrogen) atoms. The van der Waals surface area contributed by atoms with Gasteiger partial charge in [-0.15, -0.1) is 0 Å². The fraction of sp³-hybridized carbons (Fsp3) is 0.533. The van der Waals surface area contributed by atoms with E-state index >= 15 is 0 Å². The average molecular weight is 264 g/mol. The van der Waals surface area contributed by atoms with Gasteiger partial charge in [-0.05, 0) is 43.6 Å². The van der Waals surface area contributed by atoms with E-state index in [1.807, 2.05) is 32.0 Å². The van der Waals surface area contributed by atoms with Crippen molar-refractivity contribution in [2.75, 3.05) is 14.1 Å². The van der Waals surface area contributed by atoms with Gasteiger partial charge in [-0.1, -0.05) is 32.0 Å². The van der Waals surface area contributed by atoms with Crippen LogP contribution >= 0.6 is 0 Å². The number of likely N-dealkylation sites (N-methyl/N-ethyl adjacent to an activating group) is 1. The molecule has 3 N–H and O–H groups in total. The molecule has 0 amide bonds. The van der Waals surface area contributed by atoms with Crippen LogP contribution in [0.2, 0.25) is 0 Å². The van der Waals surface area contributed by atoms with E-state index in [-0.39, 0.29) is 6.04 Å². The van der Waals surface area contributed by atoms with Gasteiger partial charge in [-0.2, -0.15) is 0 Å². The lowest BCUT2D eigenvalue weighted by Crippen LogP contribution is -2.43. The van der Waals surface area contributed by atoms with Crippen molar-refractivity contribution in [3.05, 3.63) is 34.9 Å². The van der Waals surface area contributed by atoms with Crippen molar-refractivity contribution in [2.24, 2.45) is 5.73 Å². The lowest BCUT2D eigenvalue weighted by atomic mass is 9.90. The van der Waals surface area contributed by atoms with Crippen LogP contribution in [-0.4, -0.2) is 36.1 Å². The zero-order valence-electron chi connectivity index (χ0n) is 12.3. The number of carbonyl (C=O) groups is 1. The van der Waals surface area contributed by atoms with Gasteiger partial charge in [-0.25, -0.2) is 0 Å². The van der Waals surface area contributed by atoms with Gasteiger partial charge >= 0.3 is 5.97 Å². The Labute approximate surface area is 115 Å². The minimum Gasteiger partial charge on any atom is -0.480 e. The number of aliphatic carboxylic acids is 1. The standard InChI is InChI=1S/C15H24N2O2/c1-9(2)11-7-6-10(3)12(8-11)14(17(4)5)13(16)15(18)19/h6-9,13-14H,16H2,1-5H3,(H,18,19). The Balaban J connectivity index is 3.29. The van der Waals surface area contributed by atoms with Gasteiger partial charge in [0, 0.05) is 0 Å². The second kappa shape index (κ2) is 6.17. The zero-order chi connectivity index (χ0) is 14.7. The summed E-state index contributed by atoms with van der Waals surface area (Å²) in [4.78, 5) is 13.1.